The van der Waals surface area contributed by atoms with Crippen molar-refractivity contribution in [2.75, 3.05) is 24.6 Å². The Morgan fingerprint density at radius 3 is 2.74 bits per heavy atom. The summed E-state index contributed by atoms with van der Waals surface area (Å²) in [6, 6.07) is 7.70. The molecule has 0 aliphatic carbocycles. The predicted molar refractivity (Wildman–Crippen MR) is 85.9 cm³/mol. The summed E-state index contributed by atoms with van der Waals surface area (Å²) in [5, 5.41) is 2.54. The van der Waals surface area contributed by atoms with Crippen LogP contribution in [0.25, 0.3) is 0 Å². The molecule has 0 aromatic heterocycles. The largest absolute Gasteiger partial charge is 0.465 e. The predicted octanol–water partition coefficient (Wildman–Crippen LogP) is 1.28. The van der Waals surface area contributed by atoms with Crippen LogP contribution in [0.4, 0.5) is 5.69 Å². The average molecular weight is 318 g/mol. The minimum absolute atomic E-state index is 0.0674. The first kappa shape index (κ1) is 17.0. The zero-order chi connectivity index (χ0) is 16.8. The summed E-state index contributed by atoms with van der Waals surface area (Å²) in [6.45, 7) is 4.19. The molecule has 1 aliphatic rings. The van der Waals surface area contributed by atoms with Crippen molar-refractivity contribution >= 4 is 23.5 Å². The maximum absolute atomic E-state index is 12.3. The van der Waals surface area contributed by atoms with E-state index in [9.17, 15) is 14.4 Å². The molecule has 1 heterocycles. The van der Waals surface area contributed by atoms with Gasteiger partial charge in [0, 0.05) is 18.7 Å². The number of rotatable bonds is 6. The van der Waals surface area contributed by atoms with E-state index >= 15 is 0 Å². The van der Waals surface area contributed by atoms with E-state index in [-0.39, 0.29) is 31.4 Å². The maximum Gasteiger partial charge on any atom is 0.325 e. The molecule has 1 saturated heterocycles. The lowest BCUT2D eigenvalue weighted by Gasteiger charge is -2.19. The minimum atomic E-state index is -0.474. The third kappa shape index (κ3) is 4.09. The van der Waals surface area contributed by atoms with E-state index in [1.54, 1.807) is 11.8 Å². The SMILES string of the molecule is CCOC(=O)CNC(=O)C1CC(=O)N(c2ccccc2CC)C1. The summed E-state index contributed by atoms with van der Waals surface area (Å²) in [5.41, 5.74) is 1.94. The van der Waals surface area contributed by atoms with Crippen LogP contribution in [0.2, 0.25) is 0 Å². The number of ether oxygens (including phenoxy) is 1. The van der Waals surface area contributed by atoms with E-state index in [1.807, 2.05) is 31.2 Å². The molecule has 6 nitrogen and oxygen atoms in total. The van der Waals surface area contributed by atoms with Crippen molar-refractivity contribution in [3.63, 3.8) is 0 Å². The summed E-state index contributed by atoms with van der Waals surface area (Å²) in [7, 11) is 0. The van der Waals surface area contributed by atoms with Gasteiger partial charge in [-0.15, -0.1) is 0 Å². The van der Waals surface area contributed by atoms with Crippen molar-refractivity contribution in [1.29, 1.82) is 0 Å². The van der Waals surface area contributed by atoms with Gasteiger partial charge in [-0.1, -0.05) is 25.1 Å². The number of aryl methyl sites for hydroxylation is 1. The molecule has 1 fully saturated rings. The highest BCUT2D eigenvalue weighted by molar-refractivity contribution is 6.01. The number of anilines is 1. The van der Waals surface area contributed by atoms with Crippen LogP contribution in [-0.2, 0) is 25.5 Å². The van der Waals surface area contributed by atoms with Gasteiger partial charge in [-0.05, 0) is 25.0 Å². The molecule has 0 saturated carbocycles. The Morgan fingerprint density at radius 2 is 2.04 bits per heavy atom. The third-order valence-corrected chi connectivity index (χ3v) is 3.87. The second-order valence-electron chi connectivity index (χ2n) is 5.41. The van der Waals surface area contributed by atoms with Crippen LogP contribution in [0.3, 0.4) is 0 Å². The Balaban J connectivity index is 1.99. The third-order valence-electron chi connectivity index (χ3n) is 3.87. The quantitative estimate of drug-likeness (QED) is 0.802. The molecule has 23 heavy (non-hydrogen) atoms. The Labute approximate surface area is 135 Å². The number of hydrogen-bond donors (Lipinski definition) is 1. The van der Waals surface area contributed by atoms with Gasteiger partial charge in [-0.3, -0.25) is 14.4 Å². The Hall–Kier alpha value is -2.37. The molecule has 0 spiro atoms. The summed E-state index contributed by atoms with van der Waals surface area (Å²) in [5.74, 6) is -1.27. The summed E-state index contributed by atoms with van der Waals surface area (Å²) in [6.07, 6.45) is 0.979. The van der Waals surface area contributed by atoms with Crippen molar-refractivity contribution < 1.29 is 19.1 Å². The van der Waals surface area contributed by atoms with Crippen molar-refractivity contribution in [3.8, 4) is 0 Å². The second-order valence-corrected chi connectivity index (χ2v) is 5.41. The highest BCUT2D eigenvalue weighted by atomic mass is 16.5. The van der Waals surface area contributed by atoms with E-state index < -0.39 is 11.9 Å². The molecule has 6 heteroatoms. The standard InChI is InChI=1S/C17H22N2O4/c1-3-12-7-5-6-8-14(12)19-11-13(9-15(19)20)17(22)18-10-16(21)23-4-2/h5-8,13H,3-4,9-11H2,1-2H3,(H,18,22). The van der Waals surface area contributed by atoms with Gasteiger partial charge in [0.2, 0.25) is 11.8 Å². The monoisotopic (exact) mass is 318 g/mol. The number of carbonyl (C=O) groups is 3. The van der Waals surface area contributed by atoms with Crippen molar-refractivity contribution in [2.45, 2.75) is 26.7 Å². The number of para-hydroxylation sites is 1. The van der Waals surface area contributed by atoms with Crippen LogP contribution in [-0.4, -0.2) is 37.5 Å². The molecular formula is C17H22N2O4. The van der Waals surface area contributed by atoms with Crippen LogP contribution >= 0.6 is 0 Å². The fourth-order valence-corrected chi connectivity index (χ4v) is 2.70. The Kier molecular flexibility index (Phi) is 5.73. The second kappa shape index (κ2) is 7.76. The fraction of sp³-hybridized carbons (Fsp3) is 0.471. The molecule has 1 atom stereocenters. The number of nitrogens with one attached hydrogen (secondary N) is 1. The molecular weight excluding hydrogens is 296 g/mol. The lowest BCUT2D eigenvalue weighted by Crippen LogP contribution is -2.36. The van der Waals surface area contributed by atoms with Crippen LogP contribution in [0.1, 0.15) is 25.8 Å². The summed E-state index contributed by atoms with van der Waals surface area (Å²) in [4.78, 5) is 37.3. The number of benzene rings is 1. The van der Waals surface area contributed by atoms with Gasteiger partial charge >= 0.3 is 5.97 Å². The van der Waals surface area contributed by atoms with Crippen molar-refractivity contribution in [2.24, 2.45) is 5.92 Å². The topological polar surface area (TPSA) is 75.7 Å². The first-order chi connectivity index (χ1) is 11.1. The Bertz CT molecular complexity index is 600. The van der Waals surface area contributed by atoms with Crippen LogP contribution in [0.15, 0.2) is 24.3 Å². The Morgan fingerprint density at radius 1 is 1.30 bits per heavy atom. The van der Waals surface area contributed by atoms with Gasteiger partial charge in [-0.25, -0.2) is 0 Å². The number of nitrogens with zero attached hydrogens (tertiary/aromatic N) is 1. The van der Waals surface area contributed by atoms with Gasteiger partial charge in [0.1, 0.15) is 6.54 Å². The number of hydrogen-bond acceptors (Lipinski definition) is 4. The van der Waals surface area contributed by atoms with E-state index in [0.29, 0.717) is 6.54 Å². The minimum Gasteiger partial charge on any atom is -0.465 e. The highest BCUT2D eigenvalue weighted by Gasteiger charge is 2.35. The van der Waals surface area contributed by atoms with Crippen molar-refractivity contribution in [3.05, 3.63) is 29.8 Å². The van der Waals surface area contributed by atoms with Crippen LogP contribution in [0.5, 0.6) is 0 Å². The first-order valence-corrected chi connectivity index (χ1v) is 7.88. The number of esters is 1. The molecule has 2 amide bonds. The van der Waals surface area contributed by atoms with E-state index in [1.165, 1.54) is 0 Å². The highest BCUT2D eigenvalue weighted by Crippen LogP contribution is 2.28. The van der Waals surface area contributed by atoms with E-state index in [4.69, 9.17) is 4.74 Å². The molecule has 124 valence electrons. The molecule has 2 rings (SSSR count). The molecule has 1 unspecified atom stereocenters. The average Bonchev–Trinajstić information content (AvgIpc) is 2.94. The lowest BCUT2D eigenvalue weighted by molar-refractivity contribution is -0.143. The van der Waals surface area contributed by atoms with Gasteiger partial charge in [-0.2, -0.15) is 0 Å². The molecule has 0 bridgehead atoms. The van der Waals surface area contributed by atoms with Crippen LogP contribution < -0.4 is 10.2 Å². The molecule has 1 N–H and O–H groups in total. The smallest absolute Gasteiger partial charge is 0.325 e. The molecule has 1 aromatic rings. The molecule has 1 aliphatic heterocycles. The van der Waals surface area contributed by atoms with Crippen LogP contribution in [0, 0.1) is 5.92 Å². The fourth-order valence-electron chi connectivity index (χ4n) is 2.70. The van der Waals surface area contributed by atoms with Gasteiger partial charge < -0.3 is 15.0 Å². The van der Waals surface area contributed by atoms with Crippen molar-refractivity contribution in [1.82, 2.24) is 5.32 Å². The van der Waals surface area contributed by atoms with E-state index in [0.717, 1.165) is 17.7 Å². The van der Waals surface area contributed by atoms with Gasteiger partial charge in [0.05, 0.1) is 12.5 Å². The lowest BCUT2D eigenvalue weighted by atomic mass is 10.1. The zero-order valence-electron chi connectivity index (χ0n) is 13.5. The first-order valence-electron chi connectivity index (χ1n) is 7.88. The van der Waals surface area contributed by atoms with E-state index in [2.05, 4.69) is 5.32 Å². The van der Waals surface area contributed by atoms with Gasteiger partial charge in [0.25, 0.3) is 0 Å². The molecule has 0 radical (unpaired) electrons. The normalized spacial score (nSPS) is 17.2. The number of amides is 2. The van der Waals surface area contributed by atoms with Gasteiger partial charge in [0.15, 0.2) is 0 Å². The number of carbonyl (C=O) groups excluding carboxylic acids is 3. The summed E-state index contributed by atoms with van der Waals surface area (Å²) >= 11 is 0. The zero-order valence-corrected chi connectivity index (χ0v) is 13.5. The summed E-state index contributed by atoms with van der Waals surface area (Å²) < 4.78 is 4.77. The maximum atomic E-state index is 12.3. The molecule has 1 aromatic carbocycles.